The van der Waals surface area contributed by atoms with E-state index in [1.54, 1.807) is 19.4 Å². The van der Waals surface area contributed by atoms with Crippen molar-refractivity contribution in [2.75, 3.05) is 6.54 Å². The summed E-state index contributed by atoms with van der Waals surface area (Å²) in [6.07, 6.45) is 6.44. The fourth-order valence-electron chi connectivity index (χ4n) is 2.05. The van der Waals surface area contributed by atoms with Crippen molar-refractivity contribution in [1.29, 1.82) is 0 Å². The van der Waals surface area contributed by atoms with Gasteiger partial charge in [0, 0.05) is 26.0 Å². The summed E-state index contributed by atoms with van der Waals surface area (Å²) >= 11 is 0. The van der Waals surface area contributed by atoms with Crippen LogP contribution < -0.4 is 16.9 Å². The van der Waals surface area contributed by atoms with E-state index in [4.69, 9.17) is 5.73 Å². The lowest BCUT2D eigenvalue weighted by molar-refractivity contribution is 0.388. The molecule has 5 heteroatoms. The maximum Gasteiger partial charge on any atom is 0.316 e. The minimum atomic E-state index is -0.467. The zero-order chi connectivity index (χ0) is 11.8. The lowest BCUT2D eigenvalue weighted by Gasteiger charge is -2.15. The number of rotatable bonds is 4. The Morgan fingerprint density at radius 3 is 2.56 bits per heavy atom. The second kappa shape index (κ2) is 3.90. The van der Waals surface area contributed by atoms with E-state index in [1.165, 1.54) is 9.13 Å². The molecule has 16 heavy (non-hydrogen) atoms. The zero-order valence-corrected chi connectivity index (χ0v) is 9.48. The van der Waals surface area contributed by atoms with Crippen LogP contribution >= 0.6 is 0 Å². The van der Waals surface area contributed by atoms with Crippen molar-refractivity contribution >= 4 is 0 Å². The summed E-state index contributed by atoms with van der Waals surface area (Å²) in [4.78, 5) is 23.2. The van der Waals surface area contributed by atoms with E-state index in [-0.39, 0.29) is 5.41 Å². The Bertz CT molecular complexity index is 497. The van der Waals surface area contributed by atoms with Crippen LogP contribution in [0.25, 0.3) is 0 Å². The van der Waals surface area contributed by atoms with Crippen LogP contribution in [0.15, 0.2) is 22.0 Å². The number of nitrogens with zero attached hydrogens (tertiary/aromatic N) is 2. The summed E-state index contributed by atoms with van der Waals surface area (Å²) in [5.41, 5.74) is 4.82. The highest BCUT2D eigenvalue weighted by atomic mass is 16.2. The second-order valence-electron chi connectivity index (χ2n) is 4.69. The Morgan fingerprint density at radius 2 is 2.00 bits per heavy atom. The smallest absolute Gasteiger partial charge is 0.316 e. The molecular weight excluding hydrogens is 206 g/mol. The summed E-state index contributed by atoms with van der Waals surface area (Å²) in [5.74, 6) is 0. The standard InChI is InChI=1S/C11H17N3O2/c1-13-6-7-14(10(16)9(13)15)8-11(2-3-11)4-5-12/h6-7H,2-5,8,12H2,1H3. The van der Waals surface area contributed by atoms with Crippen molar-refractivity contribution in [3.05, 3.63) is 33.1 Å². The van der Waals surface area contributed by atoms with Crippen LogP contribution in [0.2, 0.25) is 0 Å². The van der Waals surface area contributed by atoms with Gasteiger partial charge in [-0.25, -0.2) is 0 Å². The topological polar surface area (TPSA) is 70.0 Å². The van der Waals surface area contributed by atoms with E-state index < -0.39 is 11.1 Å². The molecule has 1 aliphatic rings. The quantitative estimate of drug-likeness (QED) is 0.711. The van der Waals surface area contributed by atoms with Gasteiger partial charge in [-0.2, -0.15) is 0 Å². The lowest BCUT2D eigenvalue weighted by Crippen LogP contribution is -2.40. The Hall–Kier alpha value is -1.36. The minimum absolute atomic E-state index is 0.172. The third kappa shape index (κ3) is 1.95. The summed E-state index contributed by atoms with van der Waals surface area (Å²) in [6.45, 7) is 1.26. The highest BCUT2D eigenvalue weighted by Crippen LogP contribution is 2.49. The van der Waals surface area contributed by atoms with Crippen molar-refractivity contribution in [3.63, 3.8) is 0 Å². The largest absolute Gasteiger partial charge is 0.330 e. The van der Waals surface area contributed by atoms with Crippen LogP contribution in [0.1, 0.15) is 19.3 Å². The van der Waals surface area contributed by atoms with Crippen LogP contribution in [0.3, 0.4) is 0 Å². The molecule has 1 fully saturated rings. The Morgan fingerprint density at radius 1 is 1.31 bits per heavy atom. The molecule has 2 rings (SSSR count). The summed E-state index contributed by atoms with van der Waals surface area (Å²) < 4.78 is 2.83. The van der Waals surface area contributed by atoms with Gasteiger partial charge in [-0.05, 0) is 31.2 Å². The van der Waals surface area contributed by atoms with E-state index in [1.807, 2.05) is 0 Å². The van der Waals surface area contributed by atoms with Crippen LogP contribution in [0.5, 0.6) is 0 Å². The molecule has 0 spiro atoms. The normalized spacial score (nSPS) is 17.4. The average Bonchev–Trinajstić information content (AvgIpc) is 3.00. The van der Waals surface area contributed by atoms with E-state index in [0.29, 0.717) is 13.1 Å². The highest BCUT2D eigenvalue weighted by molar-refractivity contribution is 4.96. The molecule has 2 N–H and O–H groups in total. The first-order valence-electron chi connectivity index (χ1n) is 5.54. The van der Waals surface area contributed by atoms with Gasteiger partial charge in [0.25, 0.3) is 0 Å². The molecule has 1 aromatic heterocycles. The summed E-state index contributed by atoms with van der Waals surface area (Å²) in [6, 6.07) is 0. The molecule has 1 saturated carbocycles. The molecule has 88 valence electrons. The lowest BCUT2D eigenvalue weighted by atomic mass is 10.0. The van der Waals surface area contributed by atoms with Gasteiger partial charge in [0.05, 0.1) is 0 Å². The molecule has 1 aromatic rings. The average molecular weight is 223 g/mol. The zero-order valence-electron chi connectivity index (χ0n) is 9.48. The van der Waals surface area contributed by atoms with Gasteiger partial charge in [-0.15, -0.1) is 0 Å². The summed E-state index contributed by atoms with van der Waals surface area (Å²) in [7, 11) is 1.58. The molecule has 1 heterocycles. The number of aromatic nitrogens is 2. The van der Waals surface area contributed by atoms with E-state index in [9.17, 15) is 9.59 Å². The van der Waals surface area contributed by atoms with Crippen molar-refractivity contribution in [3.8, 4) is 0 Å². The van der Waals surface area contributed by atoms with E-state index in [2.05, 4.69) is 0 Å². The predicted molar refractivity (Wildman–Crippen MR) is 61.3 cm³/mol. The fraction of sp³-hybridized carbons (Fsp3) is 0.636. The van der Waals surface area contributed by atoms with Gasteiger partial charge >= 0.3 is 11.1 Å². The first kappa shape index (κ1) is 11.1. The Balaban J connectivity index is 2.26. The third-order valence-corrected chi connectivity index (χ3v) is 3.37. The van der Waals surface area contributed by atoms with Crippen molar-refractivity contribution in [1.82, 2.24) is 9.13 Å². The Kier molecular flexibility index (Phi) is 2.71. The monoisotopic (exact) mass is 223 g/mol. The molecule has 0 saturated heterocycles. The second-order valence-corrected chi connectivity index (χ2v) is 4.69. The third-order valence-electron chi connectivity index (χ3n) is 3.37. The van der Waals surface area contributed by atoms with E-state index in [0.717, 1.165) is 19.3 Å². The van der Waals surface area contributed by atoms with Crippen molar-refractivity contribution in [2.45, 2.75) is 25.8 Å². The van der Waals surface area contributed by atoms with Crippen molar-refractivity contribution in [2.24, 2.45) is 18.2 Å². The molecule has 1 aliphatic carbocycles. The van der Waals surface area contributed by atoms with Gasteiger partial charge in [0.1, 0.15) is 0 Å². The van der Waals surface area contributed by atoms with Gasteiger partial charge in [-0.3, -0.25) is 9.59 Å². The number of aryl methyl sites for hydroxylation is 1. The molecule has 0 aromatic carbocycles. The van der Waals surface area contributed by atoms with Gasteiger partial charge in [-0.1, -0.05) is 0 Å². The van der Waals surface area contributed by atoms with Gasteiger partial charge in [0.2, 0.25) is 0 Å². The van der Waals surface area contributed by atoms with Crippen LogP contribution in [0, 0.1) is 5.41 Å². The molecule has 0 radical (unpaired) electrons. The van der Waals surface area contributed by atoms with Gasteiger partial charge in [0.15, 0.2) is 0 Å². The molecule has 0 atom stereocenters. The summed E-state index contributed by atoms with van der Waals surface area (Å²) in [5, 5.41) is 0. The van der Waals surface area contributed by atoms with Gasteiger partial charge < -0.3 is 14.9 Å². The van der Waals surface area contributed by atoms with Crippen LogP contribution in [-0.4, -0.2) is 15.7 Å². The molecule has 0 bridgehead atoms. The number of nitrogens with two attached hydrogens (primary N) is 1. The predicted octanol–water partition coefficient (Wildman–Crippen LogP) is -0.324. The number of hydrogen-bond donors (Lipinski definition) is 1. The first-order chi connectivity index (χ1) is 7.58. The molecule has 0 aliphatic heterocycles. The van der Waals surface area contributed by atoms with E-state index >= 15 is 0 Å². The maximum atomic E-state index is 11.7. The highest BCUT2D eigenvalue weighted by Gasteiger charge is 2.42. The van der Waals surface area contributed by atoms with Crippen LogP contribution in [0.4, 0.5) is 0 Å². The molecule has 5 nitrogen and oxygen atoms in total. The minimum Gasteiger partial charge on any atom is -0.330 e. The molecule has 0 amide bonds. The SMILES string of the molecule is Cn1ccn(CC2(CCN)CC2)c(=O)c1=O. The maximum absolute atomic E-state index is 11.7. The molecule has 0 unspecified atom stereocenters. The fourth-order valence-corrected chi connectivity index (χ4v) is 2.05. The first-order valence-corrected chi connectivity index (χ1v) is 5.54. The molecular formula is C11H17N3O2. The van der Waals surface area contributed by atoms with Crippen molar-refractivity contribution < 1.29 is 0 Å². The van der Waals surface area contributed by atoms with Crippen LogP contribution in [-0.2, 0) is 13.6 Å². The Labute approximate surface area is 93.5 Å². The number of hydrogen-bond acceptors (Lipinski definition) is 3.